The zero-order chi connectivity index (χ0) is 15.2. The number of nitrogens with one attached hydrogen (secondary N) is 1. The molecule has 0 saturated carbocycles. The van der Waals surface area contributed by atoms with Gasteiger partial charge < -0.3 is 10.1 Å². The monoisotopic (exact) mass is 295 g/mol. The van der Waals surface area contributed by atoms with E-state index in [2.05, 4.69) is 5.32 Å². The second-order valence-electron chi connectivity index (χ2n) is 4.52. The molecule has 0 heterocycles. The molecule has 2 aromatic carbocycles. The Labute approximate surface area is 121 Å². The molecule has 2 aromatic rings. The summed E-state index contributed by atoms with van der Waals surface area (Å²) in [6.07, 6.45) is 0. The van der Waals surface area contributed by atoms with Crippen LogP contribution in [0.2, 0.25) is 0 Å². The number of ether oxygens (including phenoxy) is 1. The van der Waals surface area contributed by atoms with Crippen LogP contribution in [0.5, 0.6) is 5.75 Å². The van der Waals surface area contributed by atoms with Crippen molar-refractivity contribution < 1.29 is 17.9 Å². The number of likely N-dealkylation sites (N-methyl/N-ethyl adjacent to an activating group) is 1. The number of benzene rings is 2. The van der Waals surface area contributed by atoms with Gasteiger partial charge in [-0.25, -0.2) is 13.2 Å². The molecule has 2 rings (SSSR count). The van der Waals surface area contributed by atoms with E-state index in [1.54, 1.807) is 6.07 Å². The van der Waals surface area contributed by atoms with Crippen LogP contribution in [0, 0.1) is 17.5 Å². The highest BCUT2D eigenvalue weighted by molar-refractivity contribution is 5.25. The fourth-order valence-electron chi connectivity index (χ4n) is 2.03. The van der Waals surface area contributed by atoms with Crippen molar-refractivity contribution in [1.29, 1.82) is 0 Å². The molecule has 0 aliphatic carbocycles. The minimum absolute atomic E-state index is 0.0671. The van der Waals surface area contributed by atoms with Gasteiger partial charge in [0.05, 0.1) is 6.04 Å². The molecule has 5 heteroatoms. The highest BCUT2D eigenvalue weighted by Crippen LogP contribution is 2.21. The molecule has 1 N–H and O–H groups in total. The van der Waals surface area contributed by atoms with Crippen molar-refractivity contribution in [3.05, 3.63) is 65.5 Å². The molecule has 21 heavy (non-hydrogen) atoms. The topological polar surface area (TPSA) is 21.3 Å². The normalized spacial score (nSPS) is 12.2. The van der Waals surface area contributed by atoms with Gasteiger partial charge in [0.15, 0.2) is 11.6 Å². The Bertz CT molecular complexity index is 604. The van der Waals surface area contributed by atoms with E-state index in [1.165, 1.54) is 30.3 Å². The van der Waals surface area contributed by atoms with Gasteiger partial charge in [-0.1, -0.05) is 25.1 Å². The van der Waals surface area contributed by atoms with Gasteiger partial charge in [0.2, 0.25) is 0 Å². The number of hydrogen-bond donors (Lipinski definition) is 1. The Hall–Kier alpha value is -2.01. The summed E-state index contributed by atoms with van der Waals surface area (Å²) < 4.78 is 45.7. The maximum atomic E-state index is 13.8. The first-order valence-corrected chi connectivity index (χ1v) is 6.67. The van der Waals surface area contributed by atoms with Crippen LogP contribution in [-0.2, 0) is 0 Å². The van der Waals surface area contributed by atoms with Crippen molar-refractivity contribution in [2.45, 2.75) is 13.0 Å². The maximum absolute atomic E-state index is 13.8. The van der Waals surface area contributed by atoms with E-state index < -0.39 is 23.5 Å². The summed E-state index contributed by atoms with van der Waals surface area (Å²) in [7, 11) is 0. The number of rotatable bonds is 6. The molecular weight excluding hydrogens is 279 g/mol. The van der Waals surface area contributed by atoms with Crippen molar-refractivity contribution in [2.24, 2.45) is 0 Å². The zero-order valence-corrected chi connectivity index (χ0v) is 11.6. The summed E-state index contributed by atoms with van der Waals surface area (Å²) >= 11 is 0. The number of halogens is 3. The fraction of sp³-hybridized carbons (Fsp3) is 0.250. The third-order valence-electron chi connectivity index (χ3n) is 3.02. The molecule has 0 aromatic heterocycles. The standard InChI is InChI=1S/C16H16F3NO/c1-2-20-15(13-7-4-8-14(18)16(13)19)10-21-12-6-3-5-11(17)9-12/h3-9,15,20H,2,10H2,1H3. The lowest BCUT2D eigenvalue weighted by molar-refractivity contribution is 0.262. The van der Waals surface area contributed by atoms with Gasteiger partial charge in [-0.05, 0) is 24.7 Å². The summed E-state index contributed by atoms with van der Waals surface area (Å²) in [6.45, 7) is 2.48. The van der Waals surface area contributed by atoms with Gasteiger partial charge in [0.1, 0.15) is 18.2 Å². The van der Waals surface area contributed by atoms with Crippen LogP contribution < -0.4 is 10.1 Å². The molecule has 2 nitrogen and oxygen atoms in total. The van der Waals surface area contributed by atoms with Crippen LogP contribution in [0.4, 0.5) is 13.2 Å². The SMILES string of the molecule is CCNC(COc1cccc(F)c1)c1cccc(F)c1F. The second-order valence-corrected chi connectivity index (χ2v) is 4.52. The van der Waals surface area contributed by atoms with E-state index in [4.69, 9.17) is 4.74 Å². The van der Waals surface area contributed by atoms with Crippen molar-refractivity contribution in [1.82, 2.24) is 5.32 Å². The molecule has 112 valence electrons. The van der Waals surface area contributed by atoms with Gasteiger partial charge in [-0.2, -0.15) is 0 Å². The first-order chi connectivity index (χ1) is 10.1. The highest BCUT2D eigenvalue weighted by atomic mass is 19.2. The Balaban J connectivity index is 2.14. The summed E-state index contributed by atoms with van der Waals surface area (Å²) in [5.41, 5.74) is 0.188. The molecule has 0 aliphatic rings. The third kappa shape index (κ3) is 3.98. The largest absolute Gasteiger partial charge is 0.491 e. The first kappa shape index (κ1) is 15.4. The summed E-state index contributed by atoms with van der Waals surface area (Å²) in [5.74, 6) is -1.87. The molecule has 0 spiro atoms. The molecule has 0 radical (unpaired) electrons. The summed E-state index contributed by atoms with van der Waals surface area (Å²) in [5, 5.41) is 3.03. The van der Waals surface area contributed by atoms with E-state index in [0.717, 1.165) is 6.07 Å². The Morgan fingerprint density at radius 1 is 1.10 bits per heavy atom. The average molecular weight is 295 g/mol. The van der Waals surface area contributed by atoms with Crippen LogP contribution in [0.25, 0.3) is 0 Å². The predicted molar refractivity (Wildman–Crippen MR) is 74.7 cm³/mol. The smallest absolute Gasteiger partial charge is 0.163 e. The fourth-order valence-corrected chi connectivity index (χ4v) is 2.03. The second kappa shape index (κ2) is 7.13. The molecule has 0 aliphatic heterocycles. The van der Waals surface area contributed by atoms with Crippen LogP contribution >= 0.6 is 0 Å². The van der Waals surface area contributed by atoms with Gasteiger partial charge >= 0.3 is 0 Å². The van der Waals surface area contributed by atoms with Gasteiger partial charge in [0.25, 0.3) is 0 Å². The van der Waals surface area contributed by atoms with Crippen LogP contribution in [0.15, 0.2) is 42.5 Å². The maximum Gasteiger partial charge on any atom is 0.163 e. The minimum atomic E-state index is -0.902. The van der Waals surface area contributed by atoms with Crippen LogP contribution in [0.3, 0.4) is 0 Å². The lowest BCUT2D eigenvalue weighted by atomic mass is 10.1. The van der Waals surface area contributed by atoms with Gasteiger partial charge in [-0.15, -0.1) is 0 Å². The lowest BCUT2D eigenvalue weighted by Crippen LogP contribution is -2.27. The summed E-state index contributed by atoms with van der Waals surface area (Å²) in [6, 6.07) is 9.17. The van der Waals surface area contributed by atoms with Crippen molar-refractivity contribution in [3.8, 4) is 5.75 Å². The van der Waals surface area contributed by atoms with Gasteiger partial charge in [0, 0.05) is 11.6 Å². The quantitative estimate of drug-likeness (QED) is 0.874. The van der Waals surface area contributed by atoms with Crippen molar-refractivity contribution in [2.75, 3.05) is 13.2 Å². The Morgan fingerprint density at radius 2 is 1.86 bits per heavy atom. The zero-order valence-electron chi connectivity index (χ0n) is 11.6. The molecule has 0 amide bonds. The van der Waals surface area contributed by atoms with E-state index in [9.17, 15) is 13.2 Å². The summed E-state index contributed by atoms with van der Waals surface area (Å²) in [4.78, 5) is 0. The van der Waals surface area contributed by atoms with Gasteiger partial charge in [-0.3, -0.25) is 0 Å². The Morgan fingerprint density at radius 3 is 2.57 bits per heavy atom. The molecule has 1 unspecified atom stereocenters. The van der Waals surface area contributed by atoms with Crippen molar-refractivity contribution >= 4 is 0 Å². The lowest BCUT2D eigenvalue weighted by Gasteiger charge is -2.19. The molecule has 1 atom stereocenters. The molecule has 0 fully saturated rings. The minimum Gasteiger partial charge on any atom is -0.491 e. The predicted octanol–water partition coefficient (Wildman–Crippen LogP) is 3.83. The molecular formula is C16H16F3NO. The Kier molecular flexibility index (Phi) is 5.22. The molecule has 0 saturated heterocycles. The van der Waals surface area contributed by atoms with Crippen LogP contribution in [-0.4, -0.2) is 13.2 Å². The van der Waals surface area contributed by atoms with E-state index in [1.807, 2.05) is 6.92 Å². The van der Waals surface area contributed by atoms with Crippen molar-refractivity contribution in [3.63, 3.8) is 0 Å². The highest BCUT2D eigenvalue weighted by Gasteiger charge is 2.18. The third-order valence-corrected chi connectivity index (χ3v) is 3.02. The first-order valence-electron chi connectivity index (χ1n) is 6.67. The average Bonchev–Trinajstić information content (AvgIpc) is 2.47. The number of hydrogen-bond acceptors (Lipinski definition) is 2. The molecule has 0 bridgehead atoms. The van der Waals surface area contributed by atoms with E-state index in [0.29, 0.717) is 12.3 Å². The van der Waals surface area contributed by atoms with Crippen LogP contribution in [0.1, 0.15) is 18.5 Å². The van der Waals surface area contributed by atoms with E-state index >= 15 is 0 Å². The van der Waals surface area contributed by atoms with E-state index in [-0.39, 0.29) is 12.2 Å².